The molecule has 0 fully saturated rings. The number of hydrogen-bond donors (Lipinski definition) is 2. The predicted octanol–water partition coefficient (Wildman–Crippen LogP) is 3.67. The largest absolute Gasteiger partial charge is 0.324 e. The summed E-state index contributed by atoms with van der Waals surface area (Å²) in [5.74, 6) is 1.03. The van der Waals surface area contributed by atoms with Crippen molar-refractivity contribution in [3.05, 3.63) is 42.1 Å². The van der Waals surface area contributed by atoms with E-state index in [9.17, 15) is 4.79 Å². The fourth-order valence-electron chi connectivity index (χ4n) is 1.83. The fourth-order valence-corrected chi connectivity index (χ4v) is 1.83. The van der Waals surface area contributed by atoms with Crippen LogP contribution < -0.4 is 10.6 Å². The molecule has 2 aromatic rings. The van der Waals surface area contributed by atoms with Crippen LogP contribution in [-0.4, -0.2) is 15.8 Å². The normalized spacial score (nSPS) is 10.6. The van der Waals surface area contributed by atoms with Gasteiger partial charge in [0.05, 0.1) is 0 Å². The summed E-state index contributed by atoms with van der Waals surface area (Å²) in [7, 11) is 0. The van der Waals surface area contributed by atoms with E-state index in [1.807, 2.05) is 37.4 Å². The maximum Gasteiger partial charge on any atom is 0.324 e. The van der Waals surface area contributed by atoms with Crippen molar-refractivity contribution in [1.29, 1.82) is 0 Å². The summed E-state index contributed by atoms with van der Waals surface area (Å²) in [6.07, 6.45) is 1.83. The first-order valence-corrected chi connectivity index (χ1v) is 6.80. The number of amides is 2. The monoisotopic (exact) mass is 272 g/mol. The van der Waals surface area contributed by atoms with Crippen LogP contribution in [0.5, 0.6) is 0 Å². The van der Waals surface area contributed by atoms with Crippen LogP contribution in [0.15, 0.2) is 36.5 Å². The van der Waals surface area contributed by atoms with Crippen molar-refractivity contribution < 1.29 is 4.79 Å². The second kappa shape index (κ2) is 6.23. The van der Waals surface area contributed by atoms with Crippen molar-refractivity contribution in [1.82, 2.24) is 9.78 Å². The number of carbonyl (C=O) groups excluding carboxylic acids is 1. The molecule has 0 radical (unpaired) electrons. The number of nitrogens with one attached hydrogen (secondary N) is 2. The molecular weight excluding hydrogens is 252 g/mol. The zero-order chi connectivity index (χ0) is 14.5. The van der Waals surface area contributed by atoms with Gasteiger partial charge in [-0.1, -0.05) is 26.0 Å². The number of benzene rings is 1. The van der Waals surface area contributed by atoms with E-state index in [0.29, 0.717) is 11.7 Å². The van der Waals surface area contributed by atoms with Gasteiger partial charge in [0, 0.05) is 24.5 Å². The number of aryl methyl sites for hydroxylation is 1. The third-order valence-corrected chi connectivity index (χ3v) is 3.04. The van der Waals surface area contributed by atoms with Crippen molar-refractivity contribution in [3.8, 4) is 0 Å². The van der Waals surface area contributed by atoms with Crippen molar-refractivity contribution in [3.63, 3.8) is 0 Å². The lowest BCUT2D eigenvalue weighted by molar-refractivity contribution is 0.262. The average molecular weight is 272 g/mol. The lowest BCUT2D eigenvalue weighted by atomic mass is 10.0. The van der Waals surface area contributed by atoms with Crippen molar-refractivity contribution >= 4 is 17.5 Å². The lowest BCUT2D eigenvalue weighted by Gasteiger charge is -2.08. The molecule has 1 heterocycles. The third kappa shape index (κ3) is 3.60. The summed E-state index contributed by atoms with van der Waals surface area (Å²) in [4.78, 5) is 11.8. The number of hydrogen-bond acceptors (Lipinski definition) is 2. The van der Waals surface area contributed by atoms with Crippen LogP contribution in [0.1, 0.15) is 32.3 Å². The first-order valence-electron chi connectivity index (χ1n) is 6.80. The topological polar surface area (TPSA) is 59.0 Å². The minimum Gasteiger partial charge on any atom is -0.308 e. The van der Waals surface area contributed by atoms with Crippen LogP contribution >= 0.6 is 0 Å². The van der Waals surface area contributed by atoms with Crippen LogP contribution in [0.3, 0.4) is 0 Å². The van der Waals surface area contributed by atoms with Gasteiger partial charge in [0.15, 0.2) is 5.82 Å². The summed E-state index contributed by atoms with van der Waals surface area (Å²) >= 11 is 0. The predicted molar refractivity (Wildman–Crippen MR) is 81.1 cm³/mol. The quantitative estimate of drug-likeness (QED) is 0.892. The van der Waals surface area contributed by atoms with Gasteiger partial charge in [-0.25, -0.2) is 4.79 Å². The van der Waals surface area contributed by atoms with Gasteiger partial charge < -0.3 is 5.32 Å². The van der Waals surface area contributed by atoms with E-state index >= 15 is 0 Å². The summed E-state index contributed by atoms with van der Waals surface area (Å²) in [6.45, 7) is 7.05. The third-order valence-electron chi connectivity index (χ3n) is 3.04. The Morgan fingerprint density at radius 2 is 1.90 bits per heavy atom. The van der Waals surface area contributed by atoms with Gasteiger partial charge >= 0.3 is 6.03 Å². The van der Waals surface area contributed by atoms with Gasteiger partial charge in [-0.05, 0) is 30.5 Å². The van der Waals surface area contributed by atoms with Crippen LogP contribution in [0.4, 0.5) is 16.3 Å². The van der Waals surface area contributed by atoms with Crippen molar-refractivity contribution in [2.75, 3.05) is 10.6 Å². The smallest absolute Gasteiger partial charge is 0.308 e. The number of urea groups is 1. The highest BCUT2D eigenvalue weighted by atomic mass is 16.2. The van der Waals surface area contributed by atoms with E-state index in [-0.39, 0.29) is 6.03 Å². The molecule has 5 nitrogen and oxygen atoms in total. The Morgan fingerprint density at radius 3 is 2.45 bits per heavy atom. The summed E-state index contributed by atoms with van der Waals surface area (Å²) in [5.41, 5.74) is 2.01. The lowest BCUT2D eigenvalue weighted by Crippen LogP contribution is -2.19. The number of anilines is 2. The minimum atomic E-state index is -0.288. The fraction of sp³-hybridized carbons (Fsp3) is 0.333. The van der Waals surface area contributed by atoms with Gasteiger partial charge in [0.2, 0.25) is 0 Å². The second-order valence-corrected chi connectivity index (χ2v) is 4.91. The van der Waals surface area contributed by atoms with E-state index < -0.39 is 0 Å². The molecule has 20 heavy (non-hydrogen) atoms. The molecule has 0 aliphatic carbocycles. The van der Waals surface area contributed by atoms with Gasteiger partial charge in [-0.2, -0.15) is 5.10 Å². The highest BCUT2D eigenvalue weighted by Gasteiger charge is 2.05. The Morgan fingerprint density at radius 1 is 1.20 bits per heavy atom. The molecule has 0 aliphatic rings. The molecule has 0 unspecified atom stereocenters. The van der Waals surface area contributed by atoms with E-state index in [1.165, 1.54) is 5.56 Å². The number of carbonyl (C=O) groups is 1. The molecule has 0 bridgehead atoms. The molecule has 1 aromatic carbocycles. The van der Waals surface area contributed by atoms with Crippen LogP contribution in [0.25, 0.3) is 0 Å². The highest BCUT2D eigenvalue weighted by molar-refractivity contribution is 5.99. The highest BCUT2D eigenvalue weighted by Crippen LogP contribution is 2.17. The van der Waals surface area contributed by atoms with Crippen LogP contribution in [-0.2, 0) is 6.54 Å². The molecular formula is C15H20N4O. The molecule has 2 N–H and O–H groups in total. The molecule has 106 valence electrons. The molecule has 0 spiro atoms. The Hall–Kier alpha value is -2.30. The molecule has 0 aliphatic heterocycles. The van der Waals surface area contributed by atoms with Crippen LogP contribution in [0, 0.1) is 0 Å². The van der Waals surface area contributed by atoms with E-state index in [1.54, 1.807) is 10.7 Å². The van der Waals surface area contributed by atoms with Gasteiger partial charge in [-0.3, -0.25) is 10.00 Å². The Labute approximate surface area is 119 Å². The molecule has 2 rings (SSSR count). The van der Waals surface area contributed by atoms with E-state index in [0.717, 1.165) is 12.2 Å². The Bertz CT molecular complexity index is 572. The summed E-state index contributed by atoms with van der Waals surface area (Å²) < 4.78 is 1.76. The first kappa shape index (κ1) is 14.1. The Balaban J connectivity index is 1.93. The Kier molecular flexibility index (Phi) is 4.40. The maximum absolute atomic E-state index is 11.8. The molecule has 0 saturated carbocycles. The first-order chi connectivity index (χ1) is 9.58. The second-order valence-electron chi connectivity index (χ2n) is 4.91. The zero-order valence-corrected chi connectivity index (χ0v) is 12.1. The van der Waals surface area contributed by atoms with Gasteiger partial charge in [0.25, 0.3) is 0 Å². The summed E-state index contributed by atoms with van der Waals surface area (Å²) in [6, 6.07) is 9.33. The van der Waals surface area contributed by atoms with E-state index in [2.05, 4.69) is 29.6 Å². The average Bonchev–Trinajstić information content (AvgIpc) is 2.86. The SMILES string of the molecule is CCn1ccc(NC(=O)Nc2ccc(C(C)C)cc2)n1. The number of rotatable bonds is 4. The standard InChI is InChI=1S/C15H20N4O/c1-4-19-10-9-14(18-19)17-15(20)16-13-7-5-12(6-8-13)11(2)3/h5-11H,4H2,1-3H3,(H2,16,17,18,20). The minimum absolute atomic E-state index is 0.288. The molecule has 1 aromatic heterocycles. The number of aromatic nitrogens is 2. The molecule has 0 atom stereocenters. The zero-order valence-electron chi connectivity index (χ0n) is 12.1. The molecule has 0 saturated heterocycles. The maximum atomic E-state index is 11.8. The van der Waals surface area contributed by atoms with Crippen LogP contribution in [0.2, 0.25) is 0 Å². The molecule has 2 amide bonds. The summed E-state index contributed by atoms with van der Waals surface area (Å²) in [5, 5.41) is 9.68. The molecule has 5 heteroatoms. The van der Waals surface area contributed by atoms with Crippen molar-refractivity contribution in [2.45, 2.75) is 33.2 Å². The van der Waals surface area contributed by atoms with Crippen molar-refractivity contribution in [2.24, 2.45) is 0 Å². The van der Waals surface area contributed by atoms with Gasteiger partial charge in [-0.15, -0.1) is 0 Å². The number of nitrogens with zero attached hydrogens (tertiary/aromatic N) is 2. The van der Waals surface area contributed by atoms with E-state index in [4.69, 9.17) is 0 Å². The van der Waals surface area contributed by atoms with Gasteiger partial charge in [0.1, 0.15) is 0 Å².